The number of phenolic OH excluding ortho intramolecular Hbond substituents is 1. The molecule has 3 aromatic rings. The van der Waals surface area contributed by atoms with Gasteiger partial charge in [-0.25, -0.2) is 4.98 Å². The Morgan fingerprint density at radius 3 is 2.70 bits per heavy atom. The fraction of sp³-hybridized carbons (Fsp3) is 0. The van der Waals surface area contributed by atoms with Crippen LogP contribution in [0.25, 0.3) is 0 Å². The van der Waals surface area contributed by atoms with Crippen molar-refractivity contribution in [1.29, 1.82) is 0 Å². The lowest BCUT2D eigenvalue weighted by atomic mass is 10.3. The molecule has 2 N–H and O–H groups in total. The molecule has 0 atom stereocenters. The molecule has 6 nitrogen and oxygen atoms in total. The monoisotopic (exact) mass is 347 g/mol. The number of nitrogens with zero attached hydrogens (tertiary/aromatic N) is 2. The van der Waals surface area contributed by atoms with E-state index in [9.17, 15) is 9.90 Å². The molecule has 0 saturated carbocycles. The summed E-state index contributed by atoms with van der Waals surface area (Å²) in [5.74, 6) is 0.521. The van der Waals surface area contributed by atoms with Gasteiger partial charge in [0.05, 0.1) is 4.88 Å². The van der Waals surface area contributed by atoms with Gasteiger partial charge in [-0.3, -0.25) is 4.79 Å². The highest BCUT2D eigenvalue weighted by atomic mass is 35.5. The minimum atomic E-state index is -0.309. The molecule has 0 aliphatic heterocycles. The predicted molar refractivity (Wildman–Crippen MR) is 87.5 cm³/mol. The Morgan fingerprint density at radius 2 is 2.00 bits per heavy atom. The SMILES string of the molecule is O=C(Nc1ncnc(Oc2ccc(O)cc2)c1Cl)c1cccs1. The maximum absolute atomic E-state index is 12.0. The van der Waals surface area contributed by atoms with Gasteiger partial charge in [-0.15, -0.1) is 11.3 Å². The Balaban J connectivity index is 1.80. The second kappa shape index (κ2) is 6.64. The van der Waals surface area contributed by atoms with Crippen molar-refractivity contribution in [2.75, 3.05) is 5.32 Å². The number of thiophene rings is 1. The van der Waals surface area contributed by atoms with Crippen molar-refractivity contribution < 1.29 is 14.6 Å². The van der Waals surface area contributed by atoms with Crippen molar-refractivity contribution in [3.8, 4) is 17.4 Å². The van der Waals surface area contributed by atoms with Crippen LogP contribution in [0.2, 0.25) is 5.02 Å². The molecule has 23 heavy (non-hydrogen) atoms. The minimum absolute atomic E-state index is 0.0884. The fourth-order valence-corrected chi connectivity index (χ4v) is 2.52. The molecule has 8 heteroatoms. The van der Waals surface area contributed by atoms with Crippen LogP contribution in [-0.2, 0) is 0 Å². The van der Waals surface area contributed by atoms with Crippen molar-refractivity contribution >= 4 is 34.7 Å². The second-order valence-corrected chi connectivity index (χ2v) is 5.69. The number of carbonyl (C=O) groups is 1. The van der Waals surface area contributed by atoms with Crippen LogP contribution in [0, 0.1) is 0 Å². The summed E-state index contributed by atoms with van der Waals surface area (Å²) in [7, 11) is 0. The van der Waals surface area contributed by atoms with Crippen LogP contribution in [0.1, 0.15) is 9.67 Å². The maximum Gasteiger partial charge on any atom is 0.266 e. The predicted octanol–water partition coefficient (Wildman–Crippen LogP) is 3.94. The van der Waals surface area contributed by atoms with Crippen LogP contribution in [0.3, 0.4) is 0 Å². The lowest BCUT2D eigenvalue weighted by Gasteiger charge is -2.09. The van der Waals surface area contributed by atoms with Crippen LogP contribution in [0.15, 0.2) is 48.1 Å². The molecule has 116 valence electrons. The lowest BCUT2D eigenvalue weighted by molar-refractivity contribution is 0.103. The van der Waals surface area contributed by atoms with Crippen molar-refractivity contribution in [1.82, 2.24) is 9.97 Å². The quantitative estimate of drug-likeness (QED) is 0.746. The zero-order chi connectivity index (χ0) is 16.2. The van der Waals surface area contributed by atoms with Crippen molar-refractivity contribution in [2.45, 2.75) is 0 Å². The Labute approximate surface area is 140 Å². The van der Waals surface area contributed by atoms with Gasteiger partial charge in [0.2, 0.25) is 5.88 Å². The molecule has 0 aliphatic carbocycles. The summed E-state index contributed by atoms with van der Waals surface area (Å²) >= 11 is 7.50. The molecule has 0 spiro atoms. The molecule has 0 bridgehead atoms. The number of aromatic nitrogens is 2. The zero-order valence-electron chi connectivity index (χ0n) is 11.6. The lowest BCUT2D eigenvalue weighted by Crippen LogP contribution is -2.12. The molecule has 2 heterocycles. The molecular formula is C15H10ClN3O3S. The molecule has 0 radical (unpaired) electrons. The number of benzene rings is 1. The summed E-state index contributed by atoms with van der Waals surface area (Å²) in [6.07, 6.45) is 1.24. The average Bonchev–Trinajstić information content (AvgIpc) is 3.08. The minimum Gasteiger partial charge on any atom is -0.508 e. The van der Waals surface area contributed by atoms with E-state index in [2.05, 4.69) is 15.3 Å². The Kier molecular flexibility index (Phi) is 4.40. The van der Waals surface area contributed by atoms with E-state index in [0.717, 1.165) is 0 Å². The fourth-order valence-electron chi connectivity index (χ4n) is 1.71. The highest BCUT2D eigenvalue weighted by Crippen LogP contribution is 2.32. The molecule has 0 aliphatic rings. The highest BCUT2D eigenvalue weighted by Gasteiger charge is 2.15. The number of anilines is 1. The number of nitrogens with one attached hydrogen (secondary N) is 1. The highest BCUT2D eigenvalue weighted by molar-refractivity contribution is 7.12. The number of amides is 1. The Morgan fingerprint density at radius 1 is 1.22 bits per heavy atom. The normalized spacial score (nSPS) is 10.3. The Bertz CT molecular complexity index is 822. The molecule has 0 unspecified atom stereocenters. The average molecular weight is 348 g/mol. The van der Waals surface area contributed by atoms with E-state index in [1.807, 2.05) is 0 Å². The van der Waals surface area contributed by atoms with Crippen LogP contribution in [-0.4, -0.2) is 21.0 Å². The molecule has 0 fully saturated rings. The Hall–Kier alpha value is -2.64. The summed E-state index contributed by atoms with van der Waals surface area (Å²) in [4.78, 5) is 20.5. The first-order chi connectivity index (χ1) is 11.1. The summed E-state index contributed by atoms with van der Waals surface area (Å²) in [6.45, 7) is 0. The number of hydrogen-bond acceptors (Lipinski definition) is 6. The van der Waals surface area contributed by atoms with Gasteiger partial charge in [-0.1, -0.05) is 17.7 Å². The van der Waals surface area contributed by atoms with Crippen molar-refractivity contribution in [3.63, 3.8) is 0 Å². The van der Waals surface area contributed by atoms with Gasteiger partial charge in [0.15, 0.2) is 5.82 Å². The smallest absolute Gasteiger partial charge is 0.266 e. The third-order valence-electron chi connectivity index (χ3n) is 2.79. The van der Waals surface area contributed by atoms with Crippen molar-refractivity contribution in [3.05, 3.63) is 58.0 Å². The van der Waals surface area contributed by atoms with Crippen LogP contribution >= 0.6 is 22.9 Å². The van der Waals surface area contributed by atoms with Crippen LogP contribution in [0.5, 0.6) is 17.4 Å². The van der Waals surface area contributed by atoms with E-state index in [0.29, 0.717) is 10.6 Å². The summed E-state index contributed by atoms with van der Waals surface area (Å²) < 4.78 is 5.53. The van der Waals surface area contributed by atoms with Gasteiger partial charge in [0.1, 0.15) is 22.8 Å². The standard InChI is InChI=1S/C15H10ClN3O3S/c16-12-13(19-14(21)11-2-1-7-23-11)17-8-18-15(12)22-10-5-3-9(20)4-6-10/h1-8,20H,(H,17,18,19,21). The number of ether oxygens (including phenoxy) is 1. The van der Waals surface area contributed by atoms with E-state index < -0.39 is 0 Å². The molecule has 2 aromatic heterocycles. The molecular weight excluding hydrogens is 338 g/mol. The van der Waals surface area contributed by atoms with Crippen LogP contribution in [0.4, 0.5) is 5.82 Å². The molecule has 1 amide bonds. The first-order valence-corrected chi connectivity index (χ1v) is 7.71. The van der Waals surface area contributed by atoms with Gasteiger partial charge in [-0.2, -0.15) is 4.98 Å². The van der Waals surface area contributed by atoms with Crippen LogP contribution < -0.4 is 10.1 Å². The van der Waals surface area contributed by atoms with E-state index in [4.69, 9.17) is 16.3 Å². The van der Waals surface area contributed by atoms with Gasteiger partial charge in [0, 0.05) is 0 Å². The molecule has 0 saturated heterocycles. The number of rotatable bonds is 4. The van der Waals surface area contributed by atoms with E-state index >= 15 is 0 Å². The number of halogens is 1. The van der Waals surface area contributed by atoms with Gasteiger partial charge < -0.3 is 15.2 Å². The van der Waals surface area contributed by atoms with Gasteiger partial charge in [0.25, 0.3) is 5.91 Å². The largest absolute Gasteiger partial charge is 0.508 e. The molecule has 3 rings (SSSR count). The number of carbonyl (C=O) groups excluding carboxylic acids is 1. The first-order valence-electron chi connectivity index (χ1n) is 6.46. The third-order valence-corrected chi connectivity index (χ3v) is 3.99. The zero-order valence-corrected chi connectivity index (χ0v) is 13.1. The first kappa shape index (κ1) is 15.3. The van der Waals surface area contributed by atoms with Gasteiger partial charge in [-0.05, 0) is 35.7 Å². The van der Waals surface area contributed by atoms with E-state index in [1.165, 1.54) is 29.8 Å². The summed E-state index contributed by atoms with van der Waals surface area (Å²) in [6, 6.07) is 9.56. The third kappa shape index (κ3) is 3.58. The number of aromatic hydroxyl groups is 1. The second-order valence-electron chi connectivity index (χ2n) is 4.37. The molecule has 1 aromatic carbocycles. The van der Waals surface area contributed by atoms with Crippen molar-refractivity contribution in [2.24, 2.45) is 0 Å². The van der Waals surface area contributed by atoms with E-state index in [-0.39, 0.29) is 28.4 Å². The summed E-state index contributed by atoms with van der Waals surface area (Å²) in [5, 5.41) is 13.8. The summed E-state index contributed by atoms with van der Waals surface area (Å²) in [5.41, 5.74) is 0. The number of hydrogen-bond donors (Lipinski definition) is 2. The maximum atomic E-state index is 12.0. The number of phenols is 1. The van der Waals surface area contributed by atoms with Gasteiger partial charge >= 0.3 is 0 Å². The van der Waals surface area contributed by atoms with E-state index in [1.54, 1.807) is 29.6 Å². The topological polar surface area (TPSA) is 84.3 Å².